The highest BCUT2D eigenvalue weighted by Gasteiger charge is 2.43. The second kappa shape index (κ2) is 10.1. The first-order valence-corrected chi connectivity index (χ1v) is 12.6. The number of aryl methyl sites for hydroxylation is 1. The Balaban J connectivity index is 1.13. The van der Waals surface area contributed by atoms with Crippen molar-refractivity contribution in [1.82, 2.24) is 19.5 Å². The molecular weight excluding hydrogens is 490 g/mol. The molecule has 1 fully saturated rings. The minimum absolute atomic E-state index is 0.504. The Labute approximate surface area is 218 Å². The zero-order valence-corrected chi connectivity index (χ0v) is 20.7. The van der Waals surface area contributed by atoms with Gasteiger partial charge in [0.25, 0.3) is 0 Å². The molecule has 3 aromatic heterocycles. The molecule has 5 aromatic rings. The van der Waals surface area contributed by atoms with Crippen LogP contribution in [0, 0.1) is 0 Å². The number of pyridine rings is 1. The summed E-state index contributed by atoms with van der Waals surface area (Å²) in [5.74, 6) is 0.794. The van der Waals surface area contributed by atoms with Crippen LogP contribution in [-0.4, -0.2) is 48.0 Å². The Morgan fingerprint density at radius 2 is 1.76 bits per heavy atom. The number of nitrogens with one attached hydrogen (secondary N) is 1. The number of ether oxygens (including phenoxy) is 1. The number of nitrogens with zero attached hydrogens (tertiary/aromatic N) is 4. The third-order valence-electron chi connectivity index (χ3n) is 6.85. The van der Waals surface area contributed by atoms with Crippen molar-refractivity contribution in [3.63, 3.8) is 0 Å². The highest BCUT2D eigenvalue weighted by atomic mass is 35.5. The Morgan fingerprint density at radius 3 is 2.62 bits per heavy atom. The Hall–Kier alpha value is -3.56. The monoisotopic (exact) mass is 515 g/mol. The number of anilines is 1. The van der Waals surface area contributed by atoms with E-state index in [9.17, 15) is 10.2 Å². The number of benzene rings is 2. The third kappa shape index (κ3) is 4.89. The summed E-state index contributed by atoms with van der Waals surface area (Å²) >= 11 is 5.97. The van der Waals surface area contributed by atoms with Gasteiger partial charge >= 0.3 is 0 Å². The predicted molar refractivity (Wildman–Crippen MR) is 142 cm³/mol. The van der Waals surface area contributed by atoms with E-state index in [-0.39, 0.29) is 0 Å². The van der Waals surface area contributed by atoms with Crippen molar-refractivity contribution >= 4 is 39.4 Å². The summed E-state index contributed by atoms with van der Waals surface area (Å²) in [5.41, 5.74) is 3.76. The smallest absolute Gasteiger partial charge is 0.164 e. The molecule has 0 aliphatic carbocycles. The van der Waals surface area contributed by atoms with Crippen LogP contribution < -0.4 is 5.32 Å². The lowest BCUT2D eigenvalue weighted by molar-refractivity contribution is -0.0364. The van der Waals surface area contributed by atoms with Gasteiger partial charge in [-0.25, -0.2) is 15.0 Å². The SMILES string of the molecule is O[C@@H]1[C@H](O)[C@@H](CCc2ccc3ccc(NCc4ccc(Cl)cc4)nc3c2)O[C@H]1n1ccc2cncnc21. The molecule has 1 aliphatic heterocycles. The number of hydrogen-bond donors (Lipinski definition) is 3. The van der Waals surface area contributed by atoms with E-state index in [0.717, 1.165) is 33.2 Å². The van der Waals surface area contributed by atoms with Gasteiger partial charge < -0.3 is 24.8 Å². The second-order valence-electron chi connectivity index (χ2n) is 9.31. The number of halogens is 1. The summed E-state index contributed by atoms with van der Waals surface area (Å²) in [6, 6.07) is 19.8. The molecule has 0 spiro atoms. The molecule has 0 amide bonds. The van der Waals surface area contributed by atoms with Gasteiger partial charge in [0.1, 0.15) is 30.0 Å². The molecule has 9 heteroatoms. The number of rotatable bonds is 7. The molecule has 4 heterocycles. The van der Waals surface area contributed by atoms with Crippen LogP contribution in [0.1, 0.15) is 23.8 Å². The highest BCUT2D eigenvalue weighted by molar-refractivity contribution is 6.30. The van der Waals surface area contributed by atoms with Crippen molar-refractivity contribution in [2.24, 2.45) is 0 Å². The molecule has 1 saturated heterocycles. The van der Waals surface area contributed by atoms with Gasteiger partial charge in [-0.1, -0.05) is 35.9 Å². The quantitative estimate of drug-likeness (QED) is 0.293. The third-order valence-corrected chi connectivity index (χ3v) is 7.10. The maximum atomic E-state index is 10.7. The molecule has 0 unspecified atom stereocenters. The number of aliphatic hydroxyl groups excluding tert-OH is 2. The first kappa shape index (κ1) is 23.8. The number of aromatic nitrogens is 4. The average molecular weight is 516 g/mol. The zero-order chi connectivity index (χ0) is 25.4. The van der Waals surface area contributed by atoms with Crippen molar-refractivity contribution in [3.05, 3.63) is 95.5 Å². The van der Waals surface area contributed by atoms with E-state index in [4.69, 9.17) is 21.3 Å². The van der Waals surface area contributed by atoms with Gasteiger partial charge in [0.2, 0.25) is 0 Å². The lowest BCUT2D eigenvalue weighted by atomic mass is 10.0. The summed E-state index contributed by atoms with van der Waals surface area (Å²) in [5, 5.41) is 27.4. The molecule has 8 nitrogen and oxygen atoms in total. The van der Waals surface area contributed by atoms with E-state index in [1.54, 1.807) is 17.0 Å². The fraction of sp³-hybridized carbons (Fsp3) is 0.250. The van der Waals surface area contributed by atoms with Crippen LogP contribution in [0.5, 0.6) is 0 Å². The summed E-state index contributed by atoms with van der Waals surface area (Å²) in [6.07, 6.45) is 2.94. The maximum absolute atomic E-state index is 10.7. The largest absolute Gasteiger partial charge is 0.388 e. The molecule has 0 bridgehead atoms. The van der Waals surface area contributed by atoms with Crippen molar-refractivity contribution in [1.29, 1.82) is 0 Å². The van der Waals surface area contributed by atoms with Crippen LogP contribution >= 0.6 is 11.6 Å². The lowest BCUT2D eigenvalue weighted by Crippen LogP contribution is -2.31. The highest BCUT2D eigenvalue weighted by Crippen LogP contribution is 2.34. The standard InChI is InChI=1S/C28H26ClN5O3/c29-21-7-2-18(3-8-21)14-31-24-10-6-19-5-1-17(13-22(19)33-24)4-9-23-25(35)26(36)28(37-23)34-12-11-20-15-30-16-32-27(20)34/h1-3,5-8,10-13,15-16,23,25-26,28,35-36H,4,9,14H2,(H,31,33)/t23-,25-,26-,28-/m1/s1. The van der Waals surface area contributed by atoms with Gasteiger partial charge in [0, 0.05) is 34.7 Å². The molecule has 0 saturated carbocycles. The van der Waals surface area contributed by atoms with Crippen LogP contribution in [0.4, 0.5) is 5.82 Å². The molecule has 0 radical (unpaired) electrons. The van der Waals surface area contributed by atoms with Gasteiger partial charge in [-0.3, -0.25) is 0 Å². The predicted octanol–water partition coefficient (Wildman–Crippen LogP) is 4.50. The first-order chi connectivity index (χ1) is 18.0. The summed E-state index contributed by atoms with van der Waals surface area (Å²) in [4.78, 5) is 13.1. The fourth-order valence-electron chi connectivity index (χ4n) is 4.82. The topological polar surface area (TPSA) is 105 Å². The second-order valence-corrected chi connectivity index (χ2v) is 9.75. The molecule has 3 N–H and O–H groups in total. The van der Waals surface area contributed by atoms with Crippen molar-refractivity contribution < 1.29 is 14.9 Å². The summed E-state index contributed by atoms with van der Waals surface area (Å²) in [7, 11) is 0. The van der Waals surface area contributed by atoms with Crippen LogP contribution in [-0.2, 0) is 17.7 Å². The van der Waals surface area contributed by atoms with Gasteiger partial charge in [-0.05, 0) is 60.4 Å². The minimum Gasteiger partial charge on any atom is -0.388 e. The normalized spacial score (nSPS) is 21.6. The maximum Gasteiger partial charge on any atom is 0.164 e. The summed E-state index contributed by atoms with van der Waals surface area (Å²) < 4.78 is 7.87. The minimum atomic E-state index is -1.05. The van der Waals surface area contributed by atoms with Crippen LogP contribution in [0.15, 0.2) is 79.4 Å². The number of aliphatic hydroxyl groups is 2. The lowest BCUT2D eigenvalue weighted by Gasteiger charge is -2.17. The van der Waals surface area contributed by atoms with E-state index in [2.05, 4.69) is 33.5 Å². The first-order valence-electron chi connectivity index (χ1n) is 12.2. The molecule has 2 aromatic carbocycles. The van der Waals surface area contributed by atoms with Crippen LogP contribution in [0.3, 0.4) is 0 Å². The van der Waals surface area contributed by atoms with Crippen molar-refractivity contribution in [2.45, 2.75) is 43.9 Å². The molecule has 188 valence electrons. The average Bonchev–Trinajstić information content (AvgIpc) is 3.47. The van der Waals surface area contributed by atoms with E-state index in [1.165, 1.54) is 6.33 Å². The number of fused-ring (bicyclic) bond motifs is 2. The van der Waals surface area contributed by atoms with Crippen LogP contribution in [0.25, 0.3) is 21.9 Å². The van der Waals surface area contributed by atoms with Crippen LogP contribution in [0.2, 0.25) is 5.02 Å². The fourth-order valence-corrected chi connectivity index (χ4v) is 4.95. The molecule has 4 atom stereocenters. The molecular formula is C28H26ClN5O3. The Kier molecular flexibility index (Phi) is 6.48. The van der Waals surface area contributed by atoms with Gasteiger partial charge in [0.15, 0.2) is 6.23 Å². The van der Waals surface area contributed by atoms with Gasteiger partial charge in [-0.15, -0.1) is 0 Å². The van der Waals surface area contributed by atoms with Gasteiger partial charge in [-0.2, -0.15) is 0 Å². The zero-order valence-electron chi connectivity index (χ0n) is 19.9. The van der Waals surface area contributed by atoms with Crippen molar-refractivity contribution in [3.8, 4) is 0 Å². The number of hydrogen-bond acceptors (Lipinski definition) is 7. The van der Waals surface area contributed by atoms with E-state index in [0.29, 0.717) is 30.1 Å². The Bertz CT molecular complexity index is 1540. The molecule has 37 heavy (non-hydrogen) atoms. The van der Waals surface area contributed by atoms with E-state index >= 15 is 0 Å². The van der Waals surface area contributed by atoms with E-state index in [1.807, 2.05) is 42.5 Å². The molecule has 6 rings (SSSR count). The van der Waals surface area contributed by atoms with Gasteiger partial charge in [0.05, 0.1) is 11.6 Å². The Morgan fingerprint density at radius 1 is 0.946 bits per heavy atom. The summed E-state index contributed by atoms with van der Waals surface area (Å²) in [6.45, 7) is 0.651. The van der Waals surface area contributed by atoms with Crippen molar-refractivity contribution in [2.75, 3.05) is 5.32 Å². The van der Waals surface area contributed by atoms with E-state index < -0.39 is 24.5 Å². The molecule has 1 aliphatic rings.